The summed E-state index contributed by atoms with van der Waals surface area (Å²) in [5.74, 6) is -0.0858. The van der Waals surface area contributed by atoms with Gasteiger partial charge in [0.2, 0.25) is 0 Å². The SMILES string of the molecule is CC(C)(Oc1cccc(Cl)c1)C(=O)Nc1ccc(C(F)(F)F)cc1. The highest BCUT2D eigenvalue weighted by Crippen LogP contribution is 2.30. The third-order valence-corrected chi connectivity index (χ3v) is 3.42. The van der Waals surface area contributed by atoms with Crippen LogP contribution in [0.3, 0.4) is 0 Å². The molecule has 1 amide bonds. The zero-order valence-electron chi connectivity index (χ0n) is 12.9. The average Bonchev–Trinajstić information content (AvgIpc) is 2.46. The number of ether oxygens (including phenoxy) is 1. The Labute approximate surface area is 142 Å². The van der Waals surface area contributed by atoms with E-state index in [0.717, 1.165) is 12.1 Å². The van der Waals surface area contributed by atoms with Crippen LogP contribution in [0, 0.1) is 0 Å². The molecule has 0 heterocycles. The van der Waals surface area contributed by atoms with Crippen molar-refractivity contribution in [1.82, 2.24) is 0 Å². The molecule has 0 aliphatic rings. The lowest BCUT2D eigenvalue weighted by Crippen LogP contribution is -2.42. The molecule has 0 aliphatic heterocycles. The van der Waals surface area contributed by atoms with Gasteiger partial charge in [0, 0.05) is 10.7 Å². The maximum absolute atomic E-state index is 12.5. The van der Waals surface area contributed by atoms with E-state index in [1.165, 1.54) is 12.1 Å². The van der Waals surface area contributed by atoms with Gasteiger partial charge in [0.25, 0.3) is 5.91 Å². The summed E-state index contributed by atoms with van der Waals surface area (Å²) < 4.78 is 43.2. The fourth-order valence-corrected chi connectivity index (χ4v) is 2.08. The number of benzene rings is 2. The number of hydrogen-bond donors (Lipinski definition) is 1. The Morgan fingerprint density at radius 3 is 2.25 bits per heavy atom. The lowest BCUT2D eigenvalue weighted by molar-refractivity contribution is -0.137. The Morgan fingerprint density at radius 1 is 1.08 bits per heavy atom. The molecule has 2 aromatic rings. The molecule has 0 atom stereocenters. The third kappa shape index (κ3) is 4.64. The summed E-state index contributed by atoms with van der Waals surface area (Å²) >= 11 is 5.86. The number of hydrogen-bond acceptors (Lipinski definition) is 2. The predicted molar refractivity (Wildman–Crippen MR) is 86.2 cm³/mol. The van der Waals surface area contributed by atoms with Crippen molar-refractivity contribution >= 4 is 23.2 Å². The number of alkyl halides is 3. The summed E-state index contributed by atoms with van der Waals surface area (Å²) in [6.07, 6.45) is -4.42. The minimum Gasteiger partial charge on any atom is -0.478 e. The highest BCUT2D eigenvalue weighted by molar-refractivity contribution is 6.30. The molecule has 128 valence electrons. The molecule has 0 aliphatic carbocycles. The van der Waals surface area contributed by atoms with Gasteiger partial charge in [0.1, 0.15) is 5.75 Å². The van der Waals surface area contributed by atoms with Gasteiger partial charge in [0.15, 0.2) is 5.60 Å². The number of carbonyl (C=O) groups excluding carboxylic acids is 1. The first-order valence-electron chi connectivity index (χ1n) is 7.01. The number of nitrogens with one attached hydrogen (secondary N) is 1. The van der Waals surface area contributed by atoms with Crippen LogP contribution in [0.15, 0.2) is 48.5 Å². The molecular weight excluding hydrogens is 343 g/mol. The van der Waals surface area contributed by atoms with Crippen molar-refractivity contribution < 1.29 is 22.7 Å². The van der Waals surface area contributed by atoms with Crippen LogP contribution in [0.2, 0.25) is 5.02 Å². The first-order chi connectivity index (χ1) is 11.1. The molecule has 0 saturated heterocycles. The van der Waals surface area contributed by atoms with Crippen molar-refractivity contribution in [3.8, 4) is 5.75 Å². The van der Waals surface area contributed by atoms with E-state index in [1.807, 2.05) is 0 Å². The van der Waals surface area contributed by atoms with Crippen molar-refractivity contribution in [1.29, 1.82) is 0 Å². The molecule has 0 unspecified atom stereocenters. The van der Waals surface area contributed by atoms with E-state index in [4.69, 9.17) is 16.3 Å². The largest absolute Gasteiger partial charge is 0.478 e. The lowest BCUT2D eigenvalue weighted by atomic mass is 10.1. The van der Waals surface area contributed by atoms with Gasteiger partial charge in [-0.1, -0.05) is 17.7 Å². The van der Waals surface area contributed by atoms with E-state index in [-0.39, 0.29) is 5.69 Å². The van der Waals surface area contributed by atoms with Crippen LogP contribution in [0.5, 0.6) is 5.75 Å². The fourth-order valence-electron chi connectivity index (χ4n) is 1.90. The van der Waals surface area contributed by atoms with E-state index in [1.54, 1.807) is 38.1 Å². The van der Waals surface area contributed by atoms with Crippen molar-refractivity contribution in [2.24, 2.45) is 0 Å². The van der Waals surface area contributed by atoms with Crippen LogP contribution >= 0.6 is 11.6 Å². The van der Waals surface area contributed by atoms with Crippen molar-refractivity contribution in [2.45, 2.75) is 25.6 Å². The molecule has 2 aromatic carbocycles. The topological polar surface area (TPSA) is 38.3 Å². The first kappa shape index (κ1) is 18.1. The van der Waals surface area contributed by atoms with Gasteiger partial charge in [-0.25, -0.2) is 0 Å². The van der Waals surface area contributed by atoms with E-state index in [0.29, 0.717) is 10.8 Å². The zero-order chi connectivity index (χ0) is 18.0. The summed E-state index contributed by atoms with van der Waals surface area (Å²) in [6, 6.07) is 10.8. The van der Waals surface area contributed by atoms with Gasteiger partial charge >= 0.3 is 6.18 Å². The Bertz CT molecular complexity index is 727. The molecule has 0 bridgehead atoms. The average molecular weight is 358 g/mol. The Balaban J connectivity index is 2.07. The summed E-state index contributed by atoms with van der Waals surface area (Å²) in [6.45, 7) is 3.10. The van der Waals surface area contributed by atoms with Gasteiger partial charge < -0.3 is 10.1 Å². The van der Waals surface area contributed by atoms with Crippen LogP contribution in [0.4, 0.5) is 18.9 Å². The Morgan fingerprint density at radius 2 is 1.71 bits per heavy atom. The molecule has 1 N–H and O–H groups in total. The molecule has 0 radical (unpaired) electrons. The fraction of sp³-hybridized carbons (Fsp3) is 0.235. The van der Waals surface area contributed by atoms with Crippen LogP contribution in [0.25, 0.3) is 0 Å². The minimum absolute atomic E-state index is 0.246. The molecule has 0 saturated carbocycles. The Kier molecular flexibility index (Phi) is 5.08. The number of rotatable bonds is 4. The molecule has 24 heavy (non-hydrogen) atoms. The van der Waals surface area contributed by atoms with E-state index < -0.39 is 23.2 Å². The predicted octanol–water partition coefficient (Wildman–Crippen LogP) is 5.15. The minimum atomic E-state index is -4.42. The summed E-state index contributed by atoms with van der Waals surface area (Å²) in [7, 11) is 0. The summed E-state index contributed by atoms with van der Waals surface area (Å²) in [4.78, 5) is 12.3. The second-order valence-electron chi connectivity index (χ2n) is 5.60. The number of amides is 1. The maximum Gasteiger partial charge on any atom is 0.416 e. The zero-order valence-corrected chi connectivity index (χ0v) is 13.7. The molecule has 2 rings (SSSR count). The van der Waals surface area contributed by atoms with Crippen molar-refractivity contribution in [3.63, 3.8) is 0 Å². The smallest absolute Gasteiger partial charge is 0.416 e. The van der Waals surface area contributed by atoms with Gasteiger partial charge in [-0.2, -0.15) is 13.2 Å². The summed E-state index contributed by atoms with van der Waals surface area (Å²) in [5.41, 5.74) is -1.78. The monoisotopic (exact) mass is 357 g/mol. The number of halogens is 4. The van der Waals surface area contributed by atoms with Crippen molar-refractivity contribution in [3.05, 3.63) is 59.1 Å². The van der Waals surface area contributed by atoms with Crippen LogP contribution in [0.1, 0.15) is 19.4 Å². The standard InChI is InChI=1S/C17H15ClF3NO2/c1-16(2,24-14-5-3-4-12(18)10-14)15(23)22-13-8-6-11(7-9-13)17(19,20)21/h3-10H,1-2H3,(H,22,23). The summed E-state index contributed by atoms with van der Waals surface area (Å²) in [5, 5.41) is 3.00. The molecule has 0 fully saturated rings. The van der Waals surface area contributed by atoms with Crippen LogP contribution < -0.4 is 10.1 Å². The third-order valence-electron chi connectivity index (χ3n) is 3.19. The molecule has 7 heteroatoms. The maximum atomic E-state index is 12.5. The van der Waals surface area contributed by atoms with E-state index in [9.17, 15) is 18.0 Å². The van der Waals surface area contributed by atoms with E-state index in [2.05, 4.69) is 5.32 Å². The van der Waals surface area contributed by atoms with Gasteiger partial charge in [0.05, 0.1) is 5.56 Å². The second kappa shape index (κ2) is 6.73. The quantitative estimate of drug-likeness (QED) is 0.821. The highest BCUT2D eigenvalue weighted by atomic mass is 35.5. The normalized spacial score (nSPS) is 11.9. The van der Waals surface area contributed by atoms with Crippen LogP contribution in [-0.4, -0.2) is 11.5 Å². The number of carbonyl (C=O) groups is 1. The first-order valence-corrected chi connectivity index (χ1v) is 7.39. The highest BCUT2D eigenvalue weighted by Gasteiger charge is 2.32. The molecular formula is C17H15ClF3NO2. The van der Waals surface area contributed by atoms with Crippen LogP contribution in [-0.2, 0) is 11.0 Å². The second-order valence-corrected chi connectivity index (χ2v) is 6.04. The molecule has 3 nitrogen and oxygen atoms in total. The number of anilines is 1. The van der Waals surface area contributed by atoms with Gasteiger partial charge in [-0.15, -0.1) is 0 Å². The van der Waals surface area contributed by atoms with Gasteiger partial charge in [-0.05, 0) is 56.3 Å². The van der Waals surface area contributed by atoms with Crippen molar-refractivity contribution in [2.75, 3.05) is 5.32 Å². The van der Waals surface area contributed by atoms with E-state index >= 15 is 0 Å². The Hall–Kier alpha value is -2.21. The molecule has 0 spiro atoms. The lowest BCUT2D eigenvalue weighted by Gasteiger charge is -2.25. The van der Waals surface area contributed by atoms with Gasteiger partial charge in [-0.3, -0.25) is 4.79 Å². The molecule has 0 aromatic heterocycles.